The highest BCUT2D eigenvalue weighted by molar-refractivity contribution is 5.17. The van der Waals surface area contributed by atoms with Crippen molar-refractivity contribution in [1.82, 2.24) is 15.1 Å². The van der Waals surface area contributed by atoms with E-state index in [1.165, 1.54) is 5.56 Å². The van der Waals surface area contributed by atoms with E-state index in [0.717, 1.165) is 18.7 Å². The minimum absolute atomic E-state index is 0.111. The lowest BCUT2D eigenvalue weighted by molar-refractivity contribution is 0.644. The SMILES string of the molecule is C#CC(C)NCc1cn(C)nc1CC. The van der Waals surface area contributed by atoms with Crippen LogP contribution in [0.4, 0.5) is 0 Å². The first-order chi connectivity index (χ1) is 6.67. The number of nitrogens with one attached hydrogen (secondary N) is 1. The van der Waals surface area contributed by atoms with Gasteiger partial charge in [-0.3, -0.25) is 10.00 Å². The second kappa shape index (κ2) is 4.83. The smallest absolute Gasteiger partial charge is 0.0666 e. The summed E-state index contributed by atoms with van der Waals surface area (Å²) in [6, 6.07) is 0.111. The number of nitrogens with zero attached hydrogens (tertiary/aromatic N) is 2. The highest BCUT2D eigenvalue weighted by Crippen LogP contribution is 2.06. The predicted octanol–water partition coefficient (Wildman–Crippen LogP) is 1.09. The summed E-state index contributed by atoms with van der Waals surface area (Å²) in [6.45, 7) is 4.88. The fourth-order valence-electron chi connectivity index (χ4n) is 1.35. The maximum atomic E-state index is 5.28. The summed E-state index contributed by atoms with van der Waals surface area (Å²) >= 11 is 0. The van der Waals surface area contributed by atoms with E-state index in [1.807, 2.05) is 24.9 Å². The Bertz CT molecular complexity index is 333. The zero-order valence-corrected chi connectivity index (χ0v) is 9.04. The maximum absolute atomic E-state index is 5.28. The van der Waals surface area contributed by atoms with Gasteiger partial charge in [0.25, 0.3) is 0 Å². The summed E-state index contributed by atoms with van der Waals surface area (Å²) in [4.78, 5) is 0. The molecule has 1 N–H and O–H groups in total. The zero-order valence-electron chi connectivity index (χ0n) is 9.04. The fraction of sp³-hybridized carbons (Fsp3) is 0.545. The molecular weight excluding hydrogens is 174 g/mol. The monoisotopic (exact) mass is 191 g/mol. The molecule has 0 aromatic carbocycles. The highest BCUT2D eigenvalue weighted by Gasteiger charge is 2.05. The molecule has 0 bridgehead atoms. The number of aromatic nitrogens is 2. The largest absolute Gasteiger partial charge is 0.300 e. The summed E-state index contributed by atoms with van der Waals surface area (Å²) in [5.74, 6) is 2.64. The van der Waals surface area contributed by atoms with Gasteiger partial charge >= 0.3 is 0 Å². The molecule has 0 aliphatic rings. The van der Waals surface area contributed by atoms with Crippen molar-refractivity contribution in [3.05, 3.63) is 17.5 Å². The summed E-state index contributed by atoms with van der Waals surface area (Å²) < 4.78 is 1.84. The van der Waals surface area contributed by atoms with Gasteiger partial charge in [-0.25, -0.2) is 0 Å². The van der Waals surface area contributed by atoms with Gasteiger partial charge in [-0.1, -0.05) is 12.8 Å². The van der Waals surface area contributed by atoms with Crippen LogP contribution in [0.1, 0.15) is 25.1 Å². The molecule has 0 radical (unpaired) electrons. The molecule has 3 nitrogen and oxygen atoms in total. The lowest BCUT2D eigenvalue weighted by Crippen LogP contribution is -2.23. The van der Waals surface area contributed by atoms with Crippen LogP contribution in [0.5, 0.6) is 0 Å². The topological polar surface area (TPSA) is 29.9 Å². The van der Waals surface area contributed by atoms with E-state index >= 15 is 0 Å². The van der Waals surface area contributed by atoms with E-state index in [-0.39, 0.29) is 6.04 Å². The molecule has 0 aliphatic heterocycles. The van der Waals surface area contributed by atoms with Crippen molar-refractivity contribution in [2.75, 3.05) is 0 Å². The maximum Gasteiger partial charge on any atom is 0.0666 e. The minimum atomic E-state index is 0.111. The molecular formula is C11H17N3. The van der Waals surface area contributed by atoms with Gasteiger partial charge in [-0.15, -0.1) is 6.42 Å². The van der Waals surface area contributed by atoms with Crippen LogP contribution < -0.4 is 5.32 Å². The van der Waals surface area contributed by atoms with E-state index < -0.39 is 0 Å². The third-order valence-electron chi connectivity index (χ3n) is 2.18. The van der Waals surface area contributed by atoms with Crippen LogP contribution in [-0.2, 0) is 20.0 Å². The van der Waals surface area contributed by atoms with Crippen molar-refractivity contribution < 1.29 is 0 Å². The number of hydrogen-bond acceptors (Lipinski definition) is 2. The lowest BCUT2D eigenvalue weighted by Gasteiger charge is -2.06. The Morgan fingerprint density at radius 3 is 3.00 bits per heavy atom. The van der Waals surface area contributed by atoms with E-state index in [1.54, 1.807) is 0 Å². The van der Waals surface area contributed by atoms with Crippen molar-refractivity contribution in [2.45, 2.75) is 32.9 Å². The Morgan fingerprint density at radius 2 is 2.43 bits per heavy atom. The standard InChI is InChI=1S/C11H17N3/c1-5-9(3)12-7-10-8-14(4)13-11(10)6-2/h1,8-9,12H,6-7H2,2-4H3. The first-order valence-corrected chi connectivity index (χ1v) is 4.88. The van der Waals surface area contributed by atoms with Crippen molar-refractivity contribution in [3.8, 4) is 12.3 Å². The number of rotatable bonds is 4. The molecule has 1 heterocycles. The van der Waals surface area contributed by atoms with E-state index in [9.17, 15) is 0 Å². The Kier molecular flexibility index (Phi) is 3.73. The highest BCUT2D eigenvalue weighted by atomic mass is 15.3. The number of terminal acetylenes is 1. The molecule has 1 atom stereocenters. The Labute approximate surface area is 85.5 Å². The van der Waals surface area contributed by atoms with Crippen LogP contribution in [0, 0.1) is 12.3 Å². The second-order valence-electron chi connectivity index (χ2n) is 3.40. The molecule has 1 unspecified atom stereocenters. The van der Waals surface area contributed by atoms with Crippen LogP contribution in [0.25, 0.3) is 0 Å². The first-order valence-electron chi connectivity index (χ1n) is 4.88. The minimum Gasteiger partial charge on any atom is -0.300 e. The van der Waals surface area contributed by atoms with E-state index in [0.29, 0.717) is 0 Å². The Balaban J connectivity index is 2.62. The Morgan fingerprint density at radius 1 is 1.71 bits per heavy atom. The zero-order chi connectivity index (χ0) is 10.6. The average molecular weight is 191 g/mol. The quantitative estimate of drug-likeness (QED) is 0.722. The molecule has 1 rings (SSSR count). The normalized spacial score (nSPS) is 12.4. The molecule has 3 heteroatoms. The van der Waals surface area contributed by atoms with Gasteiger partial charge in [0.1, 0.15) is 0 Å². The second-order valence-corrected chi connectivity index (χ2v) is 3.40. The van der Waals surface area contributed by atoms with E-state index in [2.05, 4.69) is 23.3 Å². The predicted molar refractivity (Wildman–Crippen MR) is 57.7 cm³/mol. The molecule has 0 amide bonds. The summed E-state index contributed by atoms with van der Waals surface area (Å²) in [6.07, 6.45) is 8.28. The van der Waals surface area contributed by atoms with Gasteiger partial charge in [0.15, 0.2) is 0 Å². The lowest BCUT2D eigenvalue weighted by atomic mass is 10.2. The van der Waals surface area contributed by atoms with Crippen LogP contribution in [0.15, 0.2) is 6.20 Å². The van der Waals surface area contributed by atoms with Crippen LogP contribution in [-0.4, -0.2) is 15.8 Å². The molecule has 0 saturated heterocycles. The fourth-order valence-corrected chi connectivity index (χ4v) is 1.35. The van der Waals surface area contributed by atoms with Crippen LogP contribution in [0.3, 0.4) is 0 Å². The van der Waals surface area contributed by atoms with Crippen LogP contribution >= 0.6 is 0 Å². The summed E-state index contributed by atoms with van der Waals surface area (Å²) in [5.41, 5.74) is 2.38. The average Bonchev–Trinajstić information content (AvgIpc) is 2.55. The molecule has 0 fully saturated rings. The molecule has 0 saturated carbocycles. The molecule has 1 aromatic heterocycles. The summed E-state index contributed by atoms with van der Waals surface area (Å²) in [7, 11) is 1.94. The molecule has 14 heavy (non-hydrogen) atoms. The number of hydrogen-bond donors (Lipinski definition) is 1. The van der Waals surface area contributed by atoms with Gasteiger partial charge in [0, 0.05) is 25.4 Å². The molecule has 76 valence electrons. The van der Waals surface area contributed by atoms with Crippen molar-refractivity contribution in [2.24, 2.45) is 7.05 Å². The molecule has 0 aliphatic carbocycles. The first kappa shape index (κ1) is 10.8. The van der Waals surface area contributed by atoms with Crippen molar-refractivity contribution in [3.63, 3.8) is 0 Å². The van der Waals surface area contributed by atoms with Gasteiger partial charge in [-0.2, -0.15) is 5.10 Å². The third-order valence-corrected chi connectivity index (χ3v) is 2.18. The van der Waals surface area contributed by atoms with Gasteiger partial charge in [-0.05, 0) is 13.3 Å². The number of aryl methyl sites for hydroxylation is 2. The van der Waals surface area contributed by atoms with Gasteiger partial charge < -0.3 is 0 Å². The van der Waals surface area contributed by atoms with Crippen molar-refractivity contribution in [1.29, 1.82) is 0 Å². The van der Waals surface area contributed by atoms with Crippen LogP contribution in [0.2, 0.25) is 0 Å². The van der Waals surface area contributed by atoms with Gasteiger partial charge in [0.2, 0.25) is 0 Å². The Hall–Kier alpha value is -1.27. The van der Waals surface area contributed by atoms with Crippen molar-refractivity contribution >= 4 is 0 Å². The summed E-state index contributed by atoms with van der Waals surface area (Å²) in [5, 5.41) is 7.61. The molecule has 0 spiro atoms. The third kappa shape index (κ3) is 2.61. The van der Waals surface area contributed by atoms with Gasteiger partial charge in [0.05, 0.1) is 11.7 Å². The molecule has 1 aromatic rings. The van der Waals surface area contributed by atoms with E-state index in [4.69, 9.17) is 6.42 Å².